The summed E-state index contributed by atoms with van der Waals surface area (Å²) in [5.41, 5.74) is 3.09. The van der Waals surface area contributed by atoms with Crippen molar-refractivity contribution >= 4 is 23.4 Å². The van der Waals surface area contributed by atoms with E-state index in [-0.39, 0.29) is 12.5 Å². The Morgan fingerprint density at radius 3 is 2.32 bits per heavy atom. The molecular formula is C21H18N4O2S. The van der Waals surface area contributed by atoms with E-state index in [4.69, 9.17) is 10.00 Å². The summed E-state index contributed by atoms with van der Waals surface area (Å²) in [6.45, 7) is 3.77. The highest BCUT2D eigenvalue weighted by molar-refractivity contribution is 7.99. The molecular weight excluding hydrogens is 372 g/mol. The third-order valence-electron chi connectivity index (χ3n) is 3.66. The molecule has 1 N–H and O–H groups in total. The van der Waals surface area contributed by atoms with Crippen molar-refractivity contribution in [1.29, 1.82) is 5.26 Å². The number of carbonyl (C=O) groups is 1. The van der Waals surface area contributed by atoms with Gasteiger partial charge in [0.2, 0.25) is 0 Å². The van der Waals surface area contributed by atoms with Crippen LogP contribution in [0.4, 0.5) is 5.69 Å². The molecule has 0 aliphatic carbocycles. The lowest BCUT2D eigenvalue weighted by molar-refractivity contribution is -0.118. The molecule has 1 amide bonds. The van der Waals surface area contributed by atoms with Crippen LogP contribution in [0.25, 0.3) is 0 Å². The third-order valence-corrected chi connectivity index (χ3v) is 4.54. The number of aryl methyl sites for hydroxylation is 2. The van der Waals surface area contributed by atoms with Gasteiger partial charge in [-0.15, -0.1) is 0 Å². The standard InChI is InChI=1S/C21H18N4O2S/c1-14-11-15(2)24-21(23-14)28-19-9-5-17(6-10-19)25-20(26)13-27-18-7-3-16(12-22)4-8-18/h3-11H,13H2,1-2H3,(H,25,26). The van der Waals surface area contributed by atoms with Gasteiger partial charge in [0.05, 0.1) is 11.6 Å². The lowest BCUT2D eigenvalue weighted by Crippen LogP contribution is -2.20. The van der Waals surface area contributed by atoms with Crippen molar-refractivity contribution in [2.75, 3.05) is 11.9 Å². The minimum Gasteiger partial charge on any atom is -0.484 e. The first-order valence-electron chi connectivity index (χ1n) is 8.55. The second-order valence-electron chi connectivity index (χ2n) is 6.03. The number of hydrogen-bond donors (Lipinski definition) is 1. The summed E-state index contributed by atoms with van der Waals surface area (Å²) in [6, 6.07) is 18.0. The molecule has 0 fully saturated rings. The number of benzene rings is 2. The van der Waals surface area contributed by atoms with E-state index in [2.05, 4.69) is 15.3 Å². The number of nitriles is 1. The number of nitrogens with zero attached hydrogens (tertiary/aromatic N) is 3. The summed E-state index contributed by atoms with van der Waals surface area (Å²) >= 11 is 1.47. The number of hydrogen-bond acceptors (Lipinski definition) is 6. The van der Waals surface area contributed by atoms with Crippen LogP contribution in [0, 0.1) is 25.2 Å². The number of amides is 1. The van der Waals surface area contributed by atoms with Gasteiger partial charge in [0, 0.05) is 22.0 Å². The molecule has 3 aromatic rings. The molecule has 6 nitrogen and oxygen atoms in total. The average molecular weight is 390 g/mol. The molecule has 0 atom stereocenters. The summed E-state index contributed by atoms with van der Waals surface area (Å²) in [4.78, 5) is 21.9. The van der Waals surface area contributed by atoms with Crippen molar-refractivity contribution in [2.24, 2.45) is 0 Å². The Morgan fingerprint density at radius 1 is 1.07 bits per heavy atom. The molecule has 0 saturated carbocycles. The van der Waals surface area contributed by atoms with Gasteiger partial charge >= 0.3 is 0 Å². The molecule has 0 radical (unpaired) electrons. The average Bonchev–Trinajstić information content (AvgIpc) is 2.67. The molecule has 0 aliphatic heterocycles. The van der Waals surface area contributed by atoms with E-state index in [0.29, 0.717) is 22.2 Å². The molecule has 2 aromatic carbocycles. The van der Waals surface area contributed by atoms with Gasteiger partial charge in [-0.2, -0.15) is 5.26 Å². The van der Waals surface area contributed by atoms with Crippen molar-refractivity contribution in [3.63, 3.8) is 0 Å². The van der Waals surface area contributed by atoms with Crippen LogP contribution in [0.15, 0.2) is 64.6 Å². The molecule has 3 rings (SSSR count). The Balaban J connectivity index is 1.53. The molecule has 28 heavy (non-hydrogen) atoms. The van der Waals surface area contributed by atoms with E-state index in [0.717, 1.165) is 16.3 Å². The second kappa shape index (κ2) is 9.02. The molecule has 0 bridgehead atoms. The predicted octanol–water partition coefficient (Wildman–Crippen LogP) is 4.13. The molecule has 0 saturated heterocycles. The monoisotopic (exact) mass is 390 g/mol. The first-order chi connectivity index (χ1) is 13.5. The van der Waals surface area contributed by atoms with Gasteiger partial charge in [0.25, 0.3) is 5.91 Å². The molecule has 0 spiro atoms. The van der Waals surface area contributed by atoms with Crippen LogP contribution in [0.3, 0.4) is 0 Å². The highest BCUT2D eigenvalue weighted by Gasteiger charge is 2.06. The zero-order chi connectivity index (χ0) is 19.9. The SMILES string of the molecule is Cc1cc(C)nc(Sc2ccc(NC(=O)COc3ccc(C#N)cc3)cc2)n1. The Kier molecular flexibility index (Phi) is 6.25. The maximum absolute atomic E-state index is 12.0. The molecule has 1 aromatic heterocycles. The smallest absolute Gasteiger partial charge is 0.262 e. The Labute approximate surface area is 167 Å². The van der Waals surface area contributed by atoms with Gasteiger partial charge in [-0.05, 0) is 80.2 Å². The van der Waals surface area contributed by atoms with Crippen LogP contribution in [-0.2, 0) is 4.79 Å². The van der Waals surface area contributed by atoms with Gasteiger partial charge < -0.3 is 10.1 Å². The molecule has 0 unspecified atom stereocenters. The minimum atomic E-state index is -0.262. The maximum atomic E-state index is 12.0. The van der Waals surface area contributed by atoms with Gasteiger partial charge in [-0.25, -0.2) is 9.97 Å². The zero-order valence-corrected chi connectivity index (χ0v) is 16.3. The van der Waals surface area contributed by atoms with Crippen molar-refractivity contribution in [3.05, 3.63) is 71.5 Å². The van der Waals surface area contributed by atoms with Crippen LogP contribution >= 0.6 is 11.8 Å². The van der Waals surface area contributed by atoms with E-state index in [1.807, 2.05) is 50.2 Å². The molecule has 0 aliphatic rings. The van der Waals surface area contributed by atoms with Crippen LogP contribution in [0.2, 0.25) is 0 Å². The van der Waals surface area contributed by atoms with Crippen molar-refractivity contribution in [1.82, 2.24) is 9.97 Å². The predicted molar refractivity (Wildman–Crippen MR) is 107 cm³/mol. The minimum absolute atomic E-state index is 0.112. The second-order valence-corrected chi connectivity index (χ2v) is 7.07. The fourth-order valence-corrected chi connectivity index (χ4v) is 3.28. The van der Waals surface area contributed by atoms with E-state index in [1.165, 1.54) is 11.8 Å². The third kappa shape index (κ3) is 5.56. The highest BCUT2D eigenvalue weighted by Crippen LogP contribution is 2.26. The first kappa shape index (κ1) is 19.4. The molecule has 1 heterocycles. The van der Waals surface area contributed by atoms with Gasteiger partial charge in [0.15, 0.2) is 11.8 Å². The van der Waals surface area contributed by atoms with Gasteiger partial charge in [-0.3, -0.25) is 4.79 Å². The summed E-state index contributed by atoms with van der Waals surface area (Å²) < 4.78 is 5.42. The summed E-state index contributed by atoms with van der Waals surface area (Å²) in [7, 11) is 0. The van der Waals surface area contributed by atoms with Crippen molar-refractivity contribution < 1.29 is 9.53 Å². The first-order valence-corrected chi connectivity index (χ1v) is 9.36. The Bertz CT molecular complexity index is 992. The number of carbonyl (C=O) groups excluding carboxylic acids is 1. The van der Waals surface area contributed by atoms with E-state index < -0.39 is 0 Å². The topological polar surface area (TPSA) is 87.9 Å². The Hall–Kier alpha value is -3.37. The lowest BCUT2D eigenvalue weighted by Gasteiger charge is -2.08. The number of anilines is 1. The molecule has 7 heteroatoms. The van der Waals surface area contributed by atoms with Gasteiger partial charge in [0.1, 0.15) is 5.75 Å². The molecule has 140 valence electrons. The number of ether oxygens (including phenoxy) is 1. The lowest BCUT2D eigenvalue weighted by atomic mass is 10.2. The quantitative estimate of drug-likeness (QED) is 0.637. The van der Waals surface area contributed by atoms with Crippen LogP contribution < -0.4 is 10.1 Å². The van der Waals surface area contributed by atoms with E-state index in [9.17, 15) is 4.79 Å². The summed E-state index contributed by atoms with van der Waals surface area (Å²) in [6.07, 6.45) is 0. The fourth-order valence-electron chi connectivity index (χ4n) is 2.42. The number of rotatable bonds is 6. The summed E-state index contributed by atoms with van der Waals surface area (Å²) in [5, 5.41) is 12.3. The van der Waals surface area contributed by atoms with Crippen LogP contribution in [0.5, 0.6) is 5.75 Å². The Morgan fingerprint density at radius 2 is 1.71 bits per heavy atom. The fraction of sp³-hybridized carbons (Fsp3) is 0.143. The van der Waals surface area contributed by atoms with Crippen molar-refractivity contribution in [2.45, 2.75) is 23.9 Å². The largest absolute Gasteiger partial charge is 0.484 e. The highest BCUT2D eigenvalue weighted by atomic mass is 32.2. The number of nitrogens with one attached hydrogen (secondary N) is 1. The van der Waals surface area contributed by atoms with Gasteiger partial charge in [-0.1, -0.05) is 0 Å². The van der Waals surface area contributed by atoms with Crippen LogP contribution in [-0.4, -0.2) is 22.5 Å². The number of aromatic nitrogens is 2. The van der Waals surface area contributed by atoms with E-state index in [1.54, 1.807) is 24.3 Å². The zero-order valence-electron chi connectivity index (χ0n) is 15.5. The van der Waals surface area contributed by atoms with Crippen molar-refractivity contribution in [3.8, 4) is 11.8 Å². The van der Waals surface area contributed by atoms with E-state index >= 15 is 0 Å². The maximum Gasteiger partial charge on any atom is 0.262 e. The summed E-state index contributed by atoms with van der Waals surface area (Å²) in [5.74, 6) is 0.275. The normalized spacial score (nSPS) is 10.2. The van der Waals surface area contributed by atoms with Crippen LogP contribution in [0.1, 0.15) is 17.0 Å².